The molecule has 0 saturated heterocycles. The first-order valence-corrected chi connectivity index (χ1v) is 5.17. The lowest BCUT2D eigenvalue weighted by atomic mass is 10.3. The molecule has 0 aliphatic carbocycles. The Labute approximate surface area is 99.8 Å². The third-order valence-corrected chi connectivity index (χ3v) is 2.42. The second-order valence-electron chi connectivity index (χ2n) is 3.33. The van der Waals surface area contributed by atoms with Crippen LogP contribution < -0.4 is 0 Å². The van der Waals surface area contributed by atoms with Gasteiger partial charge in [0.15, 0.2) is 5.82 Å². The summed E-state index contributed by atoms with van der Waals surface area (Å²) in [5, 5.41) is 3.62. The van der Waals surface area contributed by atoms with Crippen molar-refractivity contribution >= 4 is 11.6 Å². The van der Waals surface area contributed by atoms with E-state index in [4.69, 9.17) is 11.6 Å². The van der Waals surface area contributed by atoms with Crippen LogP contribution >= 0.6 is 11.6 Å². The Kier molecular flexibility index (Phi) is 3.06. The van der Waals surface area contributed by atoms with Gasteiger partial charge in [-0.3, -0.25) is 0 Å². The van der Waals surface area contributed by atoms with Crippen molar-refractivity contribution in [3.63, 3.8) is 0 Å². The summed E-state index contributed by atoms with van der Waals surface area (Å²) in [6.45, 7) is 0. The molecule has 0 aliphatic heterocycles. The van der Waals surface area contributed by atoms with E-state index in [1.807, 2.05) is 0 Å². The van der Waals surface area contributed by atoms with Crippen molar-refractivity contribution in [1.29, 1.82) is 0 Å². The predicted molar refractivity (Wildman–Crippen MR) is 55.9 cm³/mol. The first-order chi connectivity index (χ1) is 8.00. The average molecular weight is 262 g/mol. The monoisotopic (exact) mass is 261 g/mol. The molecule has 0 atom stereocenters. The van der Waals surface area contributed by atoms with Gasteiger partial charge in [-0.15, -0.1) is 11.6 Å². The highest BCUT2D eigenvalue weighted by atomic mass is 35.5. The minimum absolute atomic E-state index is 0.267. The molecule has 0 aromatic carbocycles. The summed E-state index contributed by atoms with van der Waals surface area (Å²) in [7, 11) is 0. The summed E-state index contributed by atoms with van der Waals surface area (Å²) in [5.41, 5.74) is -0.0451. The van der Waals surface area contributed by atoms with Gasteiger partial charge in [0.2, 0.25) is 0 Å². The molecule has 90 valence electrons. The maximum Gasteiger partial charge on any atom is 0.419 e. The molecular formula is C10H7ClF3N3. The number of pyridine rings is 1. The van der Waals surface area contributed by atoms with Gasteiger partial charge in [0.05, 0.1) is 11.8 Å². The third-order valence-electron chi connectivity index (χ3n) is 2.11. The van der Waals surface area contributed by atoms with Crippen molar-refractivity contribution in [3.05, 3.63) is 41.9 Å². The zero-order valence-corrected chi connectivity index (χ0v) is 9.20. The molecule has 7 heteroatoms. The number of nitrogens with zero attached hydrogens (tertiary/aromatic N) is 3. The topological polar surface area (TPSA) is 30.7 Å². The molecule has 0 bridgehead atoms. The van der Waals surface area contributed by atoms with Crippen LogP contribution in [0.25, 0.3) is 5.82 Å². The van der Waals surface area contributed by atoms with E-state index in [-0.39, 0.29) is 5.88 Å². The van der Waals surface area contributed by atoms with Crippen molar-refractivity contribution in [2.75, 3.05) is 0 Å². The minimum Gasteiger partial charge on any atom is -0.237 e. The first kappa shape index (κ1) is 11.9. The van der Waals surface area contributed by atoms with Crippen molar-refractivity contribution < 1.29 is 13.2 Å². The summed E-state index contributed by atoms with van der Waals surface area (Å²) in [6.07, 6.45) is -1.28. The van der Waals surface area contributed by atoms with Gasteiger partial charge in [-0.1, -0.05) is 0 Å². The lowest BCUT2D eigenvalue weighted by Crippen LogP contribution is -2.03. The Morgan fingerprint density at radius 3 is 2.71 bits per heavy atom. The summed E-state index contributed by atoms with van der Waals surface area (Å²) >= 11 is 5.63. The van der Waals surface area contributed by atoms with Gasteiger partial charge in [0.25, 0.3) is 0 Å². The van der Waals surface area contributed by atoms with Gasteiger partial charge in [-0.2, -0.15) is 18.3 Å². The molecule has 0 radical (unpaired) electrons. The van der Waals surface area contributed by atoms with E-state index in [0.717, 1.165) is 22.6 Å². The molecule has 2 heterocycles. The van der Waals surface area contributed by atoms with Gasteiger partial charge in [0.1, 0.15) is 0 Å². The Balaban J connectivity index is 2.37. The van der Waals surface area contributed by atoms with Crippen LogP contribution in [0.15, 0.2) is 30.7 Å². The minimum atomic E-state index is -4.40. The van der Waals surface area contributed by atoms with E-state index in [1.54, 1.807) is 12.1 Å². The summed E-state index contributed by atoms with van der Waals surface area (Å²) in [4.78, 5) is 3.93. The fraction of sp³-hybridized carbons (Fsp3) is 0.200. The second-order valence-corrected chi connectivity index (χ2v) is 3.59. The van der Waals surface area contributed by atoms with E-state index in [9.17, 15) is 13.2 Å². The highest BCUT2D eigenvalue weighted by Gasteiger charge is 2.32. The number of rotatable bonds is 2. The predicted octanol–water partition coefficient (Wildman–Crippen LogP) is 3.02. The number of halogens is 4. The van der Waals surface area contributed by atoms with Crippen LogP contribution in [0.2, 0.25) is 0 Å². The van der Waals surface area contributed by atoms with Crippen LogP contribution in [0.1, 0.15) is 11.1 Å². The van der Waals surface area contributed by atoms with Gasteiger partial charge in [-0.25, -0.2) is 9.67 Å². The van der Waals surface area contributed by atoms with Gasteiger partial charge in [-0.05, 0) is 17.7 Å². The van der Waals surface area contributed by atoms with Crippen molar-refractivity contribution in [2.45, 2.75) is 12.1 Å². The Morgan fingerprint density at radius 1 is 1.35 bits per heavy atom. The van der Waals surface area contributed by atoms with Crippen LogP contribution in [-0.4, -0.2) is 14.8 Å². The Morgan fingerprint density at radius 2 is 2.12 bits per heavy atom. The lowest BCUT2D eigenvalue weighted by Gasteiger charge is -2.02. The molecule has 2 aromatic rings. The molecule has 0 amide bonds. The van der Waals surface area contributed by atoms with Crippen LogP contribution in [0.4, 0.5) is 13.2 Å². The maximum absolute atomic E-state index is 12.4. The zero-order valence-electron chi connectivity index (χ0n) is 8.45. The molecule has 0 aliphatic rings. The molecule has 2 rings (SSSR count). The molecular weight excluding hydrogens is 255 g/mol. The SMILES string of the molecule is FC(F)(F)c1cnn(-c2cc(CCl)ccn2)c1. The second kappa shape index (κ2) is 4.37. The zero-order chi connectivity index (χ0) is 12.5. The fourth-order valence-electron chi connectivity index (χ4n) is 1.26. The Hall–Kier alpha value is -1.56. The van der Waals surface area contributed by atoms with E-state index < -0.39 is 11.7 Å². The van der Waals surface area contributed by atoms with E-state index in [1.165, 1.54) is 6.20 Å². The number of alkyl halides is 4. The molecule has 0 spiro atoms. The van der Waals surface area contributed by atoms with Gasteiger partial charge >= 0.3 is 6.18 Å². The molecule has 0 fully saturated rings. The first-order valence-electron chi connectivity index (χ1n) is 4.64. The highest BCUT2D eigenvalue weighted by Crippen LogP contribution is 2.28. The third kappa shape index (κ3) is 2.58. The quantitative estimate of drug-likeness (QED) is 0.778. The largest absolute Gasteiger partial charge is 0.419 e. The fourth-order valence-corrected chi connectivity index (χ4v) is 1.43. The van der Waals surface area contributed by atoms with E-state index in [2.05, 4.69) is 10.1 Å². The summed E-state index contributed by atoms with van der Waals surface area (Å²) < 4.78 is 38.2. The smallest absolute Gasteiger partial charge is 0.237 e. The number of hydrogen-bond donors (Lipinski definition) is 0. The number of aromatic nitrogens is 3. The molecule has 0 saturated carbocycles. The van der Waals surface area contributed by atoms with Crippen LogP contribution in [0.3, 0.4) is 0 Å². The summed E-state index contributed by atoms with van der Waals surface area (Å²) in [5.74, 6) is 0.571. The normalized spacial score (nSPS) is 11.8. The Bertz CT molecular complexity index is 522. The molecule has 0 unspecified atom stereocenters. The molecule has 2 aromatic heterocycles. The van der Waals surface area contributed by atoms with Crippen LogP contribution in [-0.2, 0) is 12.1 Å². The van der Waals surface area contributed by atoms with Crippen molar-refractivity contribution in [3.8, 4) is 5.82 Å². The van der Waals surface area contributed by atoms with E-state index in [0.29, 0.717) is 5.82 Å². The molecule has 3 nitrogen and oxygen atoms in total. The standard InChI is InChI=1S/C10H7ClF3N3/c11-4-7-1-2-15-9(3-7)17-6-8(5-16-17)10(12,13)14/h1-3,5-6H,4H2. The van der Waals surface area contributed by atoms with Gasteiger partial charge < -0.3 is 0 Å². The molecule has 0 N–H and O–H groups in total. The number of hydrogen-bond acceptors (Lipinski definition) is 2. The average Bonchev–Trinajstić information content (AvgIpc) is 2.78. The van der Waals surface area contributed by atoms with Gasteiger partial charge in [0, 0.05) is 18.3 Å². The van der Waals surface area contributed by atoms with Crippen LogP contribution in [0, 0.1) is 0 Å². The lowest BCUT2D eigenvalue weighted by molar-refractivity contribution is -0.137. The van der Waals surface area contributed by atoms with Crippen molar-refractivity contribution in [1.82, 2.24) is 14.8 Å². The van der Waals surface area contributed by atoms with E-state index >= 15 is 0 Å². The maximum atomic E-state index is 12.4. The van der Waals surface area contributed by atoms with Crippen LogP contribution in [0.5, 0.6) is 0 Å². The van der Waals surface area contributed by atoms with Crippen molar-refractivity contribution in [2.24, 2.45) is 0 Å². The molecule has 17 heavy (non-hydrogen) atoms. The summed E-state index contributed by atoms with van der Waals surface area (Å²) in [6, 6.07) is 3.27. The highest BCUT2D eigenvalue weighted by molar-refractivity contribution is 6.17.